The zero-order chi connectivity index (χ0) is 25.5. The first kappa shape index (κ1) is 23.1. The van der Waals surface area contributed by atoms with Crippen molar-refractivity contribution in [2.75, 3.05) is 21.3 Å². The Bertz CT molecular complexity index is 1510. The van der Waals surface area contributed by atoms with Gasteiger partial charge in [-0.25, -0.2) is 5.01 Å². The Kier molecular flexibility index (Phi) is 5.81. The number of hydrazone groups is 1. The third-order valence-electron chi connectivity index (χ3n) is 7.25. The van der Waals surface area contributed by atoms with Crippen molar-refractivity contribution in [1.29, 1.82) is 0 Å². The Morgan fingerprint density at radius 1 is 0.946 bits per heavy atom. The zero-order valence-corrected chi connectivity index (χ0v) is 21.0. The summed E-state index contributed by atoms with van der Waals surface area (Å²) in [6, 6.07) is 21.3. The molecule has 2 aliphatic rings. The van der Waals surface area contributed by atoms with Gasteiger partial charge in [0.1, 0.15) is 23.4 Å². The van der Waals surface area contributed by atoms with Gasteiger partial charge in [0.15, 0.2) is 0 Å². The van der Waals surface area contributed by atoms with Crippen LogP contribution in [0.3, 0.4) is 0 Å². The van der Waals surface area contributed by atoms with Gasteiger partial charge < -0.3 is 19.2 Å². The zero-order valence-electron chi connectivity index (χ0n) is 21.0. The van der Waals surface area contributed by atoms with E-state index in [9.17, 15) is 4.79 Å². The summed E-state index contributed by atoms with van der Waals surface area (Å²) in [7, 11) is 4.86. The number of nitrogens with zero attached hydrogens (tertiary/aromatic N) is 3. The van der Waals surface area contributed by atoms with Crippen molar-refractivity contribution in [1.82, 2.24) is 14.9 Å². The van der Waals surface area contributed by atoms with Crippen LogP contribution in [0.15, 0.2) is 71.8 Å². The molecule has 0 aliphatic carbocycles. The van der Waals surface area contributed by atoms with Crippen molar-refractivity contribution in [2.24, 2.45) is 5.10 Å². The number of nitrogens with one attached hydrogen (secondary N) is 1. The van der Waals surface area contributed by atoms with E-state index in [-0.39, 0.29) is 18.1 Å². The Balaban J connectivity index is 1.41. The third-order valence-corrected chi connectivity index (χ3v) is 7.25. The van der Waals surface area contributed by atoms with Crippen LogP contribution in [0, 0.1) is 0 Å². The quantitative estimate of drug-likeness (QED) is 0.398. The number of H-pyrrole nitrogens is 1. The van der Waals surface area contributed by atoms with E-state index in [1.807, 2.05) is 48.5 Å². The van der Waals surface area contributed by atoms with E-state index < -0.39 is 0 Å². The van der Waals surface area contributed by atoms with Crippen LogP contribution >= 0.6 is 0 Å². The number of amides is 1. The second-order valence-corrected chi connectivity index (χ2v) is 9.21. The van der Waals surface area contributed by atoms with Crippen molar-refractivity contribution in [3.63, 3.8) is 0 Å². The van der Waals surface area contributed by atoms with E-state index in [1.54, 1.807) is 38.6 Å². The summed E-state index contributed by atoms with van der Waals surface area (Å²) in [5.41, 5.74) is 5.13. The van der Waals surface area contributed by atoms with Crippen molar-refractivity contribution in [2.45, 2.75) is 25.2 Å². The molecule has 188 valence electrons. The van der Waals surface area contributed by atoms with Gasteiger partial charge in [-0.1, -0.05) is 30.3 Å². The first-order valence-electron chi connectivity index (χ1n) is 12.2. The lowest BCUT2D eigenvalue weighted by Gasteiger charge is -2.32. The predicted octanol–water partition coefficient (Wildman–Crippen LogP) is 4.50. The van der Waals surface area contributed by atoms with Crippen LogP contribution in [0.1, 0.15) is 28.6 Å². The van der Waals surface area contributed by atoms with E-state index in [0.29, 0.717) is 24.5 Å². The molecular formula is C29H28N4O4. The molecule has 2 atom stereocenters. The van der Waals surface area contributed by atoms with Gasteiger partial charge in [0.05, 0.1) is 33.6 Å². The van der Waals surface area contributed by atoms with Gasteiger partial charge in [0.2, 0.25) is 0 Å². The molecule has 1 aromatic heterocycles. The molecule has 1 saturated heterocycles. The second kappa shape index (κ2) is 9.29. The number of para-hydroxylation sites is 1. The van der Waals surface area contributed by atoms with Gasteiger partial charge >= 0.3 is 0 Å². The third kappa shape index (κ3) is 3.90. The number of hydrogen-bond acceptors (Lipinski definition) is 6. The van der Waals surface area contributed by atoms with Crippen molar-refractivity contribution < 1.29 is 19.0 Å². The van der Waals surface area contributed by atoms with Crippen LogP contribution < -0.4 is 14.2 Å². The molecule has 3 aromatic carbocycles. The fourth-order valence-electron chi connectivity index (χ4n) is 5.43. The second-order valence-electron chi connectivity index (χ2n) is 9.21. The molecule has 1 amide bonds. The van der Waals surface area contributed by atoms with Crippen molar-refractivity contribution >= 4 is 23.0 Å². The maximum atomic E-state index is 13.9. The van der Waals surface area contributed by atoms with Crippen LogP contribution in [-0.2, 0) is 17.8 Å². The molecule has 0 spiro atoms. The lowest BCUT2D eigenvalue weighted by molar-refractivity contribution is -0.130. The highest BCUT2D eigenvalue weighted by Gasteiger charge is 2.49. The van der Waals surface area contributed by atoms with E-state index in [0.717, 1.165) is 28.1 Å². The summed E-state index contributed by atoms with van der Waals surface area (Å²) in [6.45, 7) is 0.611. The fourth-order valence-corrected chi connectivity index (χ4v) is 5.43. The summed E-state index contributed by atoms with van der Waals surface area (Å²) >= 11 is 0. The molecule has 37 heavy (non-hydrogen) atoms. The lowest BCUT2D eigenvalue weighted by Crippen LogP contribution is -2.39. The Hall–Kier alpha value is -4.30. The minimum absolute atomic E-state index is 0.0347. The normalized spacial score (nSPS) is 19.3. The highest BCUT2D eigenvalue weighted by molar-refractivity contribution is 5.91. The molecule has 1 N–H and O–H groups in total. The fraction of sp³-hybridized carbons (Fsp3) is 0.241. The molecule has 2 unspecified atom stereocenters. The minimum Gasteiger partial charge on any atom is -0.497 e. The lowest BCUT2D eigenvalue weighted by atomic mass is 9.97. The molecule has 1 fully saturated rings. The summed E-state index contributed by atoms with van der Waals surface area (Å²) in [5.74, 6) is 2.00. The molecule has 4 aromatic rings. The van der Waals surface area contributed by atoms with E-state index in [1.165, 1.54) is 10.9 Å². The number of ether oxygens (including phenoxy) is 3. The smallest absolute Gasteiger partial charge is 0.262 e. The summed E-state index contributed by atoms with van der Waals surface area (Å²) in [5, 5.41) is 7.50. The Morgan fingerprint density at radius 3 is 2.57 bits per heavy atom. The Labute approximate surface area is 215 Å². The maximum absolute atomic E-state index is 13.9. The summed E-state index contributed by atoms with van der Waals surface area (Å²) in [4.78, 5) is 19.7. The van der Waals surface area contributed by atoms with Crippen LogP contribution in [0.2, 0.25) is 0 Å². The number of aromatic amines is 1. The Morgan fingerprint density at radius 2 is 1.76 bits per heavy atom. The van der Waals surface area contributed by atoms with Crippen LogP contribution in [-0.4, -0.2) is 54.4 Å². The number of fused-ring (bicyclic) bond motifs is 4. The van der Waals surface area contributed by atoms with E-state index in [2.05, 4.69) is 22.0 Å². The largest absolute Gasteiger partial charge is 0.497 e. The minimum atomic E-state index is -0.382. The number of methoxy groups -OCH3 is 3. The molecule has 3 heterocycles. The summed E-state index contributed by atoms with van der Waals surface area (Å²) < 4.78 is 16.3. The molecule has 0 bridgehead atoms. The van der Waals surface area contributed by atoms with E-state index >= 15 is 0 Å². The number of benzene rings is 3. The van der Waals surface area contributed by atoms with Gasteiger partial charge in [-0.2, -0.15) is 5.10 Å². The number of hydrogen-bond donors (Lipinski definition) is 1. The number of carbonyl (C=O) groups is 1. The monoisotopic (exact) mass is 496 g/mol. The van der Waals surface area contributed by atoms with Crippen molar-refractivity contribution in [3.05, 3.63) is 89.1 Å². The SMILES string of the molecule is COc1cccc(C2N(N=Cc3ccc(OC)cc3OC)C(=O)C3Cc4c([nH]c5ccccc45)CN32)c1. The van der Waals surface area contributed by atoms with Gasteiger partial charge in [0.25, 0.3) is 5.91 Å². The van der Waals surface area contributed by atoms with Gasteiger partial charge in [-0.05, 0) is 47.9 Å². The highest BCUT2D eigenvalue weighted by atomic mass is 16.5. The van der Waals surface area contributed by atoms with Crippen LogP contribution in [0.5, 0.6) is 17.2 Å². The standard InChI is InChI=1S/C29H28N4O4/c1-35-20-8-6-7-18(13-20)28-32-17-25-23(22-9-4-5-10-24(22)31-25)15-26(32)29(34)33(28)30-16-19-11-12-21(36-2)14-27(19)37-3/h4-14,16,26,28,31H,15,17H2,1-3H3. The molecule has 2 aliphatic heterocycles. The molecule has 8 heteroatoms. The first-order valence-corrected chi connectivity index (χ1v) is 12.2. The van der Waals surface area contributed by atoms with E-state index in [4.69, 9.17) is 19.3 Å². The molecule has 8 nitrogen and oxygen atoms in total. The highest BCUT2D eigenvalue weighted by Crippen LogP contribution is 2.42. The van der Waals surface area contributed by atoms with Crippen LogP contribution in [0.25, 0.3) is 10.9 Å². The molecular weight excluding hydrogens is 468 g/mol. The topological polar surface area (TPSA) is 79.4 Å². The van der Waals surface area contributed by atoms with Gasteiger partial charge in [-0.15, -0.1) is 0 Å². The predicted molar refractivity (Wildman–Crippen MR) is 141 cm³/mol. The average molecular weight is 497 g/mol. The average Bonchev–Trinajstić information content (AvgIpc) is 3.44. The first-order chi connectivity index (χ1) is 18.1. The number of carbonyl (C=O) groups excluding carboxylic acids is 1. The van der Waals surface area contributed by atoms with Gasteiger partial charge in [0, 0.05) is 34.8 Å². The van der Waals surface area contributed by atoms with Gasteiger partial charge in [-0.3, -0.25) is 9.69 Å². The van der Waals surface area contributed by atoms with Crippen LogP contribution in [0.4, 0.5) is 0 Å². The molecule has 6 rings (SSSR count). The maximum Gasteiger partial charge on any atom is 0.262 e. The molecule has 0 saturated carbocycles. The number of rotatable bonds is 6. The summed E-state index contributed by atoms with van der Waals surface area (Å²) in [6.07, 6.45) is 1.92. The molecule has 0 radical (unpaired) electrons. The van der Waals surface area contributed by atoms with Crippen molar-refractivity contribution in [3.8, 4) is 17.2 Å². The number of aromatic nitrogens is 1.